The van der Waals surface area contributed by atoms with E-state index in [1.807, 2.05) is 24.3 Å². The number of carboxylic acids is 1. The van der Waals surface area contributed by atoms with E-state index in [1.54, 1.807) is 7.11 Å². The predicted octanol–water partition coefficient (Wildman–Crippen LogP) is 1.87. The number of hydrogen-bond donors (Lipinski definition) is 1. The number of aliphatic carboxylic acids is 1. The first-order chi connectivity index (χ1) is 8.16. The van der Waals surface area contributed by atoms with Crippen LogP contribution < -0.4 is 4.74 Å². The summed E-state index contributed by atoms with van der Waals surface area (Å²) in [6.07, 6.45) is 2.22. The van der Waals surface area contributed by atoms with Gasteiger partial charge in [-0.3, -0.25) is 0 Å². The highest BCUT2D eigenvalue weighted by atomic mass is 16.6. The minimum atomic E-state index is -0.890. The van der Waals surface area contributed by atoms with Gasteiger partial charge in [-0.25, -0.2) is 4.79 Å². The van der Waals surface area contributed by atoms with Crippen LogP contribution in [0.4, 0.5) is 0 Å². The Morgan fingerprint density at radius 3 is 2.94 bits per heavy atom. The number of methoxy groups -OCH3 is 1. The molecule has 1 aromatic rings. The van der Waals surface area contributed by atoms with E-state index in [4.69, 9.17) is 14.6 Å². The SMILES string of the molecule is COc1cccc(CCCC2(C(=O)O)CO2)c1. The number of carbonyl (C=O) groups is 1. The summed E-state index contributed by atoms with van der Waals surface area (Å²) in [6.45, 7) is 0.348. The van der Waals surface area contributed by atoms with E-state index >= 15 is 0 Å². The van der Waals surface area contributed by atoms with Gasteiger partial charge < -0.3 is 14.6 Å². The van der Waals surface area contributed by atoms with Crippen LogP contribution in [0.3, 0.4) is 0 Å². The molecule has 1 atom stereocenters. The summed E-state index contributed by atoms with van der Waals surface area (Å²) in [5.74, 6) is -0.0127. The van der Waals surface area contributed by atoms with Crippen molar-refractivity contribution in [2.24, 2.45) is 0 Å². The maximum Gasteiger partial charge on any atom is 0.338 e. The molecular formula is C13H16O4. The van der Waals surface area contributed by atoms with Gasteiger partial charge in [0.2, 0.25) is 0 Å². The van der Waals surface area contributed by atoms with Crippen LogP contribution >= 0.6 is 0 Å². The molecule has 0 bridgehead atoms. The van der Waals surface area contributed by atoms with Crippen molar-refractivity contribution in [1.29, 1.82) is 0 Å². The smallest absolute Gasteiger partial charge is 0.338 e. The Labute approximate surface area is 100 Å². The molecule has 1 N–H and O–H groups in total. The monoisotopic (exact) mass is 236 g/mol. The number of aryl methyl sites for hydroxylation is 1. The molecule has 17 heavy (non-hydrogen) atoms. The van der Waals surface area contributed by atoms with Crippen LogP contribution in [0.2, 0.25) is 0 Å². The lowest BCUT2D eigenvalue weighted by Gasteiger charge is -2.07. The topological polar surface area (TPSA) is 59.1 Å². The summed E-state index contributed by atoms with van der Waals surface area (Å²) >= 11 is 0. The second kappa shape index (κ2) is 4.75. The second-order valence-corrected chi connectivity index (χ2v) is 4.29. The van der Waals surface area contributed by atoms with Gasteiger partial charge >= 0.3 is 5.97 Å². The molecule has 0 aliphatic carbocycles. The van der Waals surface area contributed by atoms with Crippen LogP contribution in [-0.4, -0.2) is 30.4 Å². The van der Waals surface area contributed by atoms with E-state index in [-0.39, 0.29) is 0 Å². The zero-order valence-corrected chi connectivity index (χ0v) is 9.81. The molecule has 1 heterocycles. The Bertz CT molecular complexity index is 410. The molecule has 1 unspecified atom stereocenters. The van der Waals surface area contributed by atoms with Crippen LogP contribution in [0.1, 0.15) is 18.4 Å². The summed E-state index contributed by atoms with van der Waals surface area (Å²) in [6, 6.07) is 7.83. The van der Waals surface area contributed by atoms with Crippen LogP contribution in [0.15, 0.2) is 24.3 Å². The quantitative estimate of drug-likeness (QED) is 0.766. The van der Waals surface area contributed by atoms with Gasteiger partial charge in [0.25, 0.3) is 0 Å². The van der Waals surface area contributed by atoms with Gasteiger partial charge in [-0.1, -0.05) is 12.1 Å². The third kappa shape index (κ3) is 2.77. The first kappa shape index (κ1) is 11.9. The van der Waals surface area contributed by atoms with Crippen molar-refractivity contribution in [2.75, 3.05) is 13.7 Å². The van der Waals surface area contributed by atoms with Crippen LogP contribution in [0, 0.1) is 0 Å². The van der Waals surface area contributed by atoms with Gasteiger partial charge in [0, 0.05) is 0 Å². The molecule has 1 saturated heterocycles. The summed E-state index contributed by atoms with van der Waals surface area (Å²) in [4.78, 5) is 10.9. The molecule has 1 aromatic carbocycles. The standard InChI is InChI=1S/C13H16O4/c1-16-11-6-2-4-10(8-11)5-3-7-13(9-17-13)12(14)15/h2,4,6,8H,3,5,7,9H2,1H3,(H,14,15). The summed E-state index contributed by atoms with van der Waals surface area (Å²) < 4.78 is 10.2. The molecule has 4 heteroatoms. The highest BCUT2D eigenvalue weighted by Gasteiger charge is 2.51. The first-order valence-corrected chi connectivity index (χ1v) is 5.66. The fourth-order valence-electron chi connectivity index (χ4n) is 1.87. The van der Waals surface area contributed by atoms with Gasteiger partial charge in [0.15, 0.2) is 5.60 Å². The van der Waals surface area contributed by atoms with Crippen molar-refractivity contribution in [3.8, 4) is 5.75 Å². The lowest BCUT2D eigenvalue weighted by molar-refractivity contribution is -0.143. The van der Waals surface area contributed by atoms with Gasteiger partial charge in [-0.2, -0.15) is 0 Å². The fourth-order valence-corrected chi connectivity index (χ4v) is 1.87. The van der Waals surface area contributed by atoms with E-state index in [2.05, 4.69) is 0 Å². The fraction of sp³-hybridized carbons (Fsp3) is 0.462. The Balaban J connectivity index is 1.84. The number of rotatable bonds is 6. The van der Waals surface area contributed by atoms with E-state index < -0.39 is 11.6 Å². The lowest BCUT2D eigenvalue weighted by atomic mass is 10.0. The average Bonchev–Trinajstić information content (AvgIpc) is 3.11. The highest BCUT2D eigenvalue weighted by molar-refractivity contribution is 5.80. The second-order valence-electron chi connectivity index (χ2n) is 4.29. The van der Waals surface area contributed by atoms with Gasteiger partial charge in [-0.05, 0) is 37.0 Å². The molecule has 1 aliphatic rings. The van der Waals surface area contributed by atoms with Crippen molar-refractivity contribution in [1.82, 2.24) is 0 Å². The molecule has 0 amide bonds. The molecule has 2 rings (SSSR count). The number of hydrogen-bond acceptors (Lipinski definition) is 3. The molecule has 0 aromatic heterocycles. The maximum atomic E-state index is 10.9. The molecule has 0 spiro atoms. The average molecular weight is 236 g/mol. The van der Waals surface area contributed by atoms with E-state index in [0.29, 0.717) is 13.0 Å². The largest absolute Gasteiger partial charge is 0.497 e. The Kier molecular flexibility index (Phi) is 3.33. The minimum absolute atomic E-state index is 0.348. The first-order valence-electron chi connectivity index (χ1n) is 5.66. The predicted molar refractivity (Wildman–Crippen MR) is 62.3 cm³/mol. The number of epoxide rings is 1. The minimum Gasteiger partial charge on any atom is -0.497 e. The van der Waals surface area contributed by atoms with Crippen LogP contribution in [0.5, 0.6) is 5.75 Å². The molecule has 1 aliphatic heterocycles. The van der Waals surface area contributed by atoms with Crippen LogP contribution in [0.25, 0.3) is 0 Å². The Hall–Kier alpha value is -1.55. The third-order valence-corrected chi connectivity index (χ3v) is 3.06. The Morgan fingerprint density at radius 1 is 1.59 bits per heavy atom. The van der Waals surface area contributed by atoms with E-state index in [0.717, 1.165) is 24.2 Å². The van der Waals surface area contributed by atoms with Gasteiger partial charge in [0.1, 0.15) is 5.75 Å². The highest BCUT2D eigenvalue weighted by Crippen LogP contribution is 2.33. The molecule has 4 nitrogen and oxygen atoms in total. The molecule has 0 radical (unpaired) electrons. The normalized spacial score (nSPS) is 22.2. The molecule has 92 valence electrons. The van der Waals surface area contributed by atoms with Crippen molar-refractivity contribution >= 4 is 5.97 Å². The number of benzene rings is 1. The summed E-state index contributed by atoms with van der Waals surface area (Å²) in [5.41, 5.74) is 0.268. The summed E-state index contributed by atoms with van der Waals surface area (Å²) in [5, 5.41) is 8.94. The number of carboxylic acid groups (broad SMARTS) is 1. The van der Waals surface area contributed by atoms with E-state index in [1.165, 1.54) is 0 Å². The maximum absolute atomic E-state index is 10.9. The third-order valence-electron chi connectivity index (χ3n) is 3.06. The number of ether oxygens (including phenoxy) is 2. The zero-order chi connectivity index (χ0) is 12.3. The van der Waals surface area contributed by atoms with E-state index in [9.17, 15) is 4.79 Å². The molecule has 1 fully saturated rings. The summed E-state index contributed by atoms with van der Waals surface area (Å²) in [7, 11) is 1.64. The Morgan fingerprint density at radius 2 is 2.35 bits per heavy atom. The van der Waals surface area contributed by atoms with Crippen molar-refractivity contribution < 1.29 is 19.4 Å². The van der Waals surface area contributed by atoms with Crippen molar-refractivity contribution in [3.63, 3.8) is 0 Å². The van der Waals surface area contributed by atoms with Crippen molar-refractivity contribution in [3.05, 3.63) is 29.8 Å². The molecule has 0 saturated carbocycles. The van der Waals surface area contributed by atoms with Gasteiger partial charge in [0.05, 0.1) is 13.7 Å². The lowest BCUT2D eigenvalue weighted by Crippen LogP contribution is -2.23. The van der Waals surface area contributed by atoms with Crippen LogP contribution in [-0.2, 0) is 16.0 Å². The van der Waals surface area contributed by atoms with Crippen molar-refractivity contribution in [2.45, 2.75) is 24.9 Å². The zero-order valence-electron chi connectivity index (χ0n) is 9.81. The molecular weight excluding hydrogens is 220 g/mol. The van der Waals surface area contributed by atoms with Gasteiger partial charge in [-0.15, -0.1) is 0 Å².